The Bertz CT molecular complexity index is 366. The molecule has 88 valence electrons. The van der Waals surface area contributed by atoms with E-state index in [1.165, 1.54) is 55.8 Å². The Morgan fingerprint density at radius 1 is 1.31 bits per heavy atom. The number of rotatable bonds is 1. The molecule has 3 heterocycles. The third-order valence-electron chi connectivity index (χ3n) is 3.87. The summed E-state index contributed by atoms with van der Waals surface area (Å²) in [5.74, 6) is 2.69. The molecule has 0 amide bonds. The highest BCUT2D eigenvalue weighted by Gasteiger charge is 2.26. The Kier molecular flexibility index (Phi) is 2.97. The molecule has 0 bridgehead atoms. The molecular formula is C13H20N2S. The van der Waals surface area contributed by atoms with Gasteiger partial charge in [0.15, 0.2) is 0 Å². The summed E-state index contributed by atoms with van der Waals surface area (Å²) in [7, 11) is 0. The summed E-state index contributed by atoms with van der Waals surface area (Å²) in [5.41, 5.74) is 1.47. The number of nitrogens with zero attached hydrogens (tertiary/aromatic N) is 2. The minimum Gasteiger partial charge on any atom is -0.328 e. The first-order valence-electron chi connectivity index (χ1n) is 6.54. The third kappa shape index (κ3) is 1.79. The topological polar surface area (TPSA) is 17.8 Å². The van der Waals surface area contributed by atoms with Crippen molar-refractivity contribution in [1.82, 2.24) is 9.55 Å². The lowest BCUT2D eigenvalue weighted by Gasteiger charge is -2.28. The number of fused-ring (bicyclic) bond motifs is 1. The standard InChI is InChI=1S/C13H20N2S/c1-10-5-4-6-11-9-14-13(15(10)11)12-7-2-3-8-16-12/h9-10,12H,2-8H2,1H3. The van der Waals surface area contributed by atoms with Crippen molar-refractivity contribution in [2.45, 2.75) is 56.7 Å². The smallest absolute Gasteiger partial charge is 0.122 e. The molecular weight excluding hydrogens is 216 g/mol. The highest BCUT2D eigenvalue weighted by Crippen LogP contribution is 2.40. The maximum atomic E-state index is 4.71. The summed E-state index contributed by atoms with van der Waals surface area (Å²) in [6.45, 7) is 2.35. The van der Waals surface area contributed by atoms with Gasteiger partial charge >= 0.3 is 0 Å². The number of hydrogen-bond donors (Lipinski definition) is 0. The zero-order valence-corrected chi connectivity index (χ0v) is 10.8. The van der Waals surface area contributed by atoms with E-state index in [1.807, 2.05) is 0 Å². The Balaban J connectivity index is 1.91. The molecule has 0 aromatic carbocycles. The second kappa shape index (κ2) is 4.44. The average Bonchev–Trinajstić information content (AvgIpc) is 2.75. The molecule has 2 aliphatic heterocycles. The molecule has 1 aromatic rings. The lowest BCUT2D eigenvalue weighted by atomic mass is 10.0. The zero-order chi connectivity index (χ0) is 11.0. The van der Waals surface area contributed by atoms with Crippen molar-refractivity contribution in [3.8, 4) is 0 Å². The fourth-order valence-corrected chi connectivity index (χ4v) is 4.31. The predicted octanol–water partition coefficient (Wildman–Crippen LogP) is 3.74. The lowest BCUT2D eigenvalue weighted by molar-refractivity contribution is 0.414. The average molecular weight is 236 g/mol. The SMILES string of the molecule is CC1CCCc2cnc(C3CCCCS3)n21. The van der Waals surface area contributed by atoms with Gasteiger partial charge in [0.25, 0.3) is 0 Å². The van der Waals surface area contributed by atoms with Gasteiger partial charge in [-0.15, -0.1) is 0 Å². The van der Waals surface area contributed by atoms with E-state index < -0.39 is 0 Å². The number of aromatic nitrogens is 2. The van der Waals surface area contributed by atoms with Gasteiger partial charge in [0, 0.05) is 17.9 Å². The first-order valence-corrected chi connectivity index (χ1v) is 7.59. The van der Waals surface area contributed by atoms with E-state index in [0.717, 1.165) is 0 Å². The monoisotopic (exact) mass is 236 g/mol. The number of imidazole rings is 1. The van der Waals surface area contributed by atoms with E-state index in [4.69, 9.17) is 4.98 Å². The number of hydrogen-bond acceptors (Lipinski definition) is 2. The van der Waals surface area contributed by atoms with Gasteiger partial charge in [-0.1, -0.05) is 6.42 Å². The molecule has 2 aliphatic rings. The molecule has 1 saturated heterocycles. The summed E-state index contributed by atoms with van der Waals surface area (Å²) >= 11 is 2.11. The van der Waals surface area contributed by atoms with Crippen LogP contribution in [0.15, 0.2) is 6.20 Å². The maximum absolute atomic E-state index is 4.71. The van der Waals surface area contributed by atoms with Crippen molar-refractivity contribution >= 4 is 11.8 Å². The number of aryl methyl sites for hydroxylation is 1. The van der Waals surface area contributed by atoms with Gasteiger partial charge in [0.1, 0.15) is 5.82 Å². The van der Waals surface area contributed by atoms with Crippen LogP contribution < -0.4 is 0 Å². The van der Waals surface area contributed by atoms with Gasteiger partial charge < -0.3 is 4.57 Å². The molecule has 0 saturated carbocycles. The van der Waals surface area contributed by atoms with E-state index in [2.05, 4.69) is 29.4 Å². The molecule has 2 atom stereocenters. The van der Waals surface area contributed by atoms with Crippen LogP contribution in [0.4, 0.5) is 0 Å². The fraction of sp³-hybridized carbons (Fsp3) is 0.769. The van der Waals surface area contributed by atoms with E-state index in [9.17, 15) is 0 Å². The molecule has 2 unspecified atom stereocenters. The molecule has 1 aromatic heterocycles. The molecule has 0 aliphatic carbocycles. The Labute approximate surface area is 102 Å². The Morgan fingerprint density at radius 3 is 3.06 bits per heavy atom. The van der Waals surface area contributed by atoms with Gasteiger partial charge in [0.05, 0.1) is 5.25 Å². The van der Waals surface area contributed by atoms with Crippen LogP contribution in [-0.4, -0.2) is 15.3 Å². The summed E-state index contributed by atoms with van der Waals surface area (Å²) in [6, 6.07) is 0.670. The van der Waals surface area contributed by atoms with Gasteiger partial charge in [-0.25, -0.2) is 4.98 Å². The van der Waals surface area contributed by atoms with Crippen LogP contribution in [-0.2, 0) is 6.42 Å². The van der Waals surface area contributed by atoms with Gasteiger partial charge in [-0.2, -0.15) is 11.8 Å². The van der Waals surface area contributed by atoms with Crippen molar-refractivity contribution in [3.63, 3.8) is 0 Å². The lowest BCUT2D eigenvalue weighted by Crippen LogP contribution is -2.19. The Hall–Kier alpha value is -0.440. The van der Waals surface area contributed by atoms with Crippen molar-refractivity contribution in [3.05, 3.63) is 17.7 Å². The minimum atomic E-state index is 0.669. The van der Waals surface area contributed by atoms with Crippen molar-refractivity contribution < 1.29 is 0 Å². The van der Waals surface area contributed by atoms with Crippen molar-refractivity contribution in [2.24, 2.45) is 0 Å². The van der Waals surface area contributed by atoms with Crippen LogP contribution in [0.25, 0.3) is 0 Å². The summed E-state index contributed by atoms with van der Waals surface area (Å²) in [5, 5.41) is 0.669. The predicted molar refractivity (Wildman–Crippen MR) is 68.9 cm³/mol. The molecule has 3 rings (SSSR count). The van der Waals surface area contributed by atoms with Crippen molar-refractivity contribution in [2.75, 3.05) is 5.75 Å². The highest BCUT2D eigenvalue weighted by molar-refractivity contribution is 7.99. The first-order chi connectivity index (χ1) is 7.86. The fourth-order valence-electron chi connectivity index (χ4n) is 3.00. The number of thioether (sulfide) groups is 1. The van der Waals surface area contributed by atoms with Gasteiger partial charge in [0.2, 0.25) is 0 Å². The van der Waals surface area contributed by atoms with Crippen LogP contribution in [0.1, 0.15) is 61.8 Å². The molecule has 0 radical (unpaired) electrons. The molecule has 0 spiro atoms. The van der Waals surface area contributed by atoms with E-state index in [0.29, 0.717) is 11.3 Å². The van der Waals surface area contributed by atoms with Gasteiger partial charge in [-0.05, 0) is 44.8 Å². The summed E-state index contributed by atoms with van der Waals surface area (Å²) in [4.78, 5) is 4.71. The summed E-state index contributed by atoms with van der Waals surface area (Å²) in [6.07, 6.45) is 10.1. The quantitative estimate of drug-likeness (QED) is 0.739. The van der Waals surface area contributed by atoms with Crippen LogP contribution in [0.2, 0.25) is 0 Å². The maximum Gasteiger partial charge on any atom is 0.122 e. The first kappa shape index (κ1) is 10.7. The minimum absolute atomic E-state index is 0.669. The largest absolute Gasteiger partial charge is 0.328 e. The van der Waals surface area contributed by atoms with Crippen LogP contribution in [0, 0.1) is 0 Å². The zero-order valence-electron chi connectivity index (χ0n) is 9.98. The molecule has 2 nitrogen and oxygen atoms in total. The van der Waals surface area contributed by atoms with Gasteiger partial charge in [-0.3, -0.25) is 0 Å². The summed E-state index contributed by atoms with van der Waals surface area (Å²) < 4.78 is 2.53. The highest BCUT2D eigenvalue weighted by atomic mass is 32.2. The van der Waals surface area contributed by atoms with Crippen molar-refractivity contribution in [1.29, 1.82) is 0 Å². The van der Waals surface area contributed by atoms with E-state index >= 15 is 0 Å². The Morgan fingerprint density at radius 2 is 2.25 bits per heavy atom. The molecule has 0 N–H and O–H groups in total. The van der Waals surface area contributed by atoms with Crippen LogP contribution in [0.5, 0.6) is 0 Å². The van der Waals surface area contributed by atoms with E-state index in [-0.39, 0.29) is 0 Å². The second-order valence-electron chi connectivity index (χ2n) is 5.07. The molecule has 1 fully saturated rings. The molecule has 16 heavy (non-hydrogen) atoms. The third-order valence-corrected chi connectivity index (χ3v) is 5.24. The van der Waals surface area contributed by atoms with Crippen LogP contribution >= 0.6 is 11.8 Å². The second-order valence-corrected chi connectivity index (χ2v) is 6.38. The molecule has 3 heteroatoms. The normalized spacial score (nSPS) is 30.1. The van der Waals surface area contributed by atoms with E-state index in [1.54, 1.807) is 0 Å². The van der Waals surface area contributed by atoms with Crippen LogP contribution in [0.3, 0.4) is 0 Å².